The van der Waals surface area contributed by atoms with Crippen LogP contribution in [-0.4, -0.2) is 80.5 Å². The Morgan fingerprint density at radius 2 is 1.84 bits per heavy atom. The second-order valence-electron chi connectivity index (χ2n) is 7.72. The number of nitrogens with one attached hydrogen (secondary N) is 1. The quantitative estimate of drug-likeness (QED) is 0.203. The van der Waals surface area contributed by atoms with Crippen molar-refractivity contribution >= 4 is 36.0 Å². The number of rotatable bonds is 5. The van der Waals surface area contributed by atoms with Crippen molar-refractivity contribution in [3.8, 4) is 5.75 Å². The summed E-state index contributed by atoms with van der Waals surface area (Å²) in [4.78, 5) is 48.3. The molecule has 2 aliphatic heterocycles. The number of hydrogen-bond donors (Lipinski definition) is 4. The number of aromatic hydroxyl groups is 1. The summed E-state index contributed by atoms with van der Waals surface area (Å²) in [5.74, 6) is -1.94. The Bertz CT molecular complexity index is 842. The van der Waals surface area contributed by atoms with Gasteiger partial charge >= 0.3 is 35.5 Å². The van der Waals surface area contributed by atoms with E-state index in [4.69, 9.17) is 5.73 Å². The smallest absolute Gasteiger partial charge is 1.00 e. The number of nitrogens with zero attached hydrogens (tertiary/aromatic N) is 2. The van der Waals surface area contributed by atoms with E-state index in [-0.39, 0.29) is 36.7 Å². The summed E-state index contributed by atoms with van der Waals surface area (Å²) in [5, 5.41) is 20.9. The van der Waals surface area contributed by atoms with E-state index in [0.717, 1.165) is 6.41 Å². The molecule has 0 bridgehead atoms. The number of carbonyl (C=O) groups excluding carboxylic acids is 3. The number of amides is 3. The zero-order valence-electron chi connectivity index (χ0n) is 19.1. The Morgan fingerprint density at radius 1 is 1.32 bits per heavy atom. The average molecular weight is 463 g/mol. The number of phenolic OH excluding ortho intramolecular Hbond substituents is 1. The molecule has 12 heteroatoms. The maximum Gasteiger partial charge on any atom is 1.00 e. The predicted molar refractivity (Wildman–Crippen MR) is 112 cm³/mol. The topological polar surface area (TPSA) is 153 Å². The van der Waals surface area contributed by atoms with Crippen molar-refractivity contribution in [2.24, 2.45) is 5.73 Å². The fourth-order valence-corrected chi connectivity index (χ4v) is 4.85. The van der Waals surface area contributed by atoms with Gasteiger partial charge in [-0.25, -0.2) is 4.79 Å². The molecule has 0 saturated carbocycles. The third-order valence-electron chi connectivity index (χ3n) is 4.72. The number of carboxylic acids is 1. The molecule has 0 radical (unpaired) electrons. The van der Waals surface area contributed by atoms with Crippen molar-refractivity contribution in [1.82, 2.24) is 15.1 Å². The first kappa shape index (κ1) is 27.2. The normalized spacial score (nSPS) is 23.7. The van der Waals surface area contributed by atoms with E-state index in [0.29, 0.717) is 5.56 Å². The van der Waals surface area contributed by atoms with E-state index < -0.39 is 46.0 Å². The van der Waals surface area contributed by atoms with Gasteiger partial charge in [0.05, 0.1) is 0 Å². The van der Waals surface area contributed by atoms with Gasteiger partial charge in [0, 0.05) is 18.8 Å². The number of carbonyl (C=O) groups is 4. The summed E-state index contributed by atoms with van der Waals surface area (Å²) >= 11 is 1.35. The van der Waals surface area contributed by atoms with Crippen LogP contribution in [0.25, 0.3) is 0 Å². The van der Waals surface area contributed by atoms with Crippen LogP contribution < -0.4 is 40.6 Å². The maximum atomic E-state index is 12.3. The largest absolute Gasteiger partial charge is 1.00 e. The second-order valence-corrected chi connectivity index (χ2v) is 9.49. The van der Waals surface area contributed by atoms with E-state index in [9.17, 15) is 29.4 Å². The maximum absolute atomic E-state index is 12.3. The number of nitrogens with two attached hydrogens (primary N) is 1. The number of β-lactam (4-membered cyclic amide) rings is 1. The van der Waals surface area contributed by atoms with Crippen LogP contribution >= 0.6 is 11.8 Å². The van der Waals surface area contributed by atoms with Gasteiger partial charge < -0.3 is 32.5 Å². The van der Waals surface area contributed by atoms with Crippen molar-refractivity contribution in [2.75, 3.05) is 14.1 Å². The zero-order chi connectivity index (χ0) is 22.8. The molecule has 2 fully saturated rings. The van der Waals surface area contributed by atoms with Crippen molar-refractivity contribution in [3.63, 3.8) is 0 Å². The number of benzene rings is 1. The minimum atomic E-state index is -1.06. The van der Waals surface area contributed by atoms with Gasteiger partial charge in [0.2, 0.25) is 18.2 Å². The van der Waals surface area contributed by atoms with Crippen molar-refractivity contribution in [3.05, 3.63) is 29.8 Å². The summed E-state index contributed by atoms with van der Waals surface area (Å²) in [7, 11) is 3.38. The molecular formula is C19H27N4NaO6S. The van der Waals surface area contributed by atoms with Gasteiger partial charge in [-0.1, -0.05) is 12.1 Å². The minimum absolute atomic E-state index is 0. The molecule has 4 atom stereocenters. The summed E-state index contributed by atoms with van der Waals surface area (Å²) in [6.07, 6.45) is 0.750. The molecule has 3 amide bonds. The Kier molecular flexibility index (Phi) is 9.39. The molecule has 0 unspecified atom stereocenters. The third-order valence-corrected chi connectivity index (χ3v) is 6.29. The minimum Gasteiger partial charge on any atom is -1.00 e. The molecule has 0 spiro atoms. The first-order valence-electron chi connectivity index (χ1n) is 9.10. The molecule has 31 heavy (non-hydrogen) atoms. The molecule has 1 aromatic carbocycles. The van der Waals surface area contributed by atoms with Gasteiger partial charge in [0.1, 0.15) is 29.2 Å². The van der Waals surface area contributed by atoms with E-state index in [1.54, 1.807) is 27.9 Å². The molecule has 2 saturated heterocycles. The summed E-state index contributed by atoms with van der Waals surface area (Å²) in [6.45, 7) is 3.53. The van der Waals surface area contributed by atoms with Gasteiger partial charge in [0.15, 0.2) is 0 Å². The fourth-order valence-electron chi connectivity index (χ4n) is 3.22. The fraction of sp³-hybridized carbons (Fsp3) is 0.474. The van der Waals surface area contributed by atoms with E-state index in [2.05, 4.69) is 5.32 Å². The summed E-state index contributed by atoms with van der Waals surface area (Å²) in [6, 6.07) is 3.21. The van der Waals surface area contributed by atoms with Crippen molar-refractivity contribution < 1.29 is 60.4 Å². The molecule has 3 rings (SSSR count). The van der Waals surface area contributed by atoms with Crippen molar-refractivity contribution in [2.45, 2.75) is 42.1 Å². The standard InChI is InChI=1S/C16H19N3O5S.C3H7NO.Na.H/c1-16(2)11(15(23)24)19-13(22)10(14(19)25-16)18-12(21)9(17)7-3-5-8(20)6-4-7;1-4(2)3-5;;/h3-6,9-11,14,20H,17H2,1-2H3,(H,18,21)(H,23,24);3H,1-2H3;;/q;;+1;-1/t9-,10-,11+,14-;;;/m1.../s1. The molecule has 2 heterocycles. The van der Waals surface area contributed by atoms with Gasteiger partial charge in [-0.05, 0) is 31.5 Å². The zero-order valence-corrected chi connectivity index (χ0v) is 20.9. The van der Waals surface area contributed by atoms with Gasteiger partial charge in [-0.15, -0.1) is 11.8 Å². The Balaban J connectivity index is 0.00000124. The monoisotopic (exact) mass is 462 g/mol. The molecule has 0 aliphatic carbocycles. The van der Waals surface area contributed by atoms with E-state index in [1.807, 2.05) is 0 Å². The number of hydrogen-bond acceptors (Lipinski definition) is 7. The van der Waals surface area contributed by atoms with E-state index >= 15 is 0 Å². The summed E-state index contributed by atoms with van der Waals surface area (Å²) in [5.41, 5.74) is 6.41. The molecular weight excluding hydrogens is 435 g/mol. The Morgan fingerprint density at radius 3 is 2.29 bits per heavy atom. The molecule has 1 aromatic rings. The van der Waals surface area contributed by atoms with Crippen LogP contribution in [0, 0.1) is 0 Å². The predicted octanol–water partition coefficient (Wildman–Crippen LogP) is -3.16. The number of fused-ring (bicyclic) bond motifs is 1. The SMILES string of the molecule is CC1(C)S[C@@H]2[C@H](NC(=O)[C@H](N)c3ccc(O)cc3)C(=O)N2[C@H]1C(=O)O.CN(C)C=O.[H-].[Na+]. The average Bonchev–Trinajstić information content (AvgIpc) is 2.94. The van der Waals surface area contributed by atoms with Crippen molar-refractivity contribution in [1.29, 1.82) is 0 Å². The van der Waals surface area contributed by atoms with Gasteiger partial charge in [0.25, 0.3) is 0 Å². The summed E-state index contributed by atoms with van der Waals surface area (Å²) < 4.78 is -0.648. The van der Waals surface area contributed by atoms with Crippen LogP contribution in [0.4, 0.5) is 0 Å². The number of thioether (sulfide) groups is 1. The molecule has 2 aliphatic rings. The second kappa shape index (κ2) is 10.7. The van der Waals surface area contributed by atoms with Gasteiger partial charge in [-0.2, -0.15) is 0 Å². The molecule has 10 nitrogen and oxygen atoms in total. The number of aliphatic carboxylic acids is 1. The third kappa shape index (κ3) is 5.92. The van der Waals surface area contributed by atoms with Crippen LogP contribution in [0.1, 0.15) is 26.9 Å². The van der Waals surface area contributed by atoms with Crippen LogP contribution in [-0.2, 0) is 19.2 Å². The van der Waals surface area contributed by atoms with Crippen LogP contribution in [0.5, 0.6) is 5.75 Å². The van der Waals surface area contributed by atoms with Crippen LogP contribution in [0.15, 0.2) is 24.3 Å². The van der Waals surface area contributed by atoms with Gasteiger partial charge in [-0.3, -0.25) is 14.4 Å². The first-order chi connectivity index (χ1) is 13.9. The number of carboxylic acid groups (broad SMARTS) is 1. The molecule has 5 N–H and O–H groups in total. The van der Waals surface area contributed by atoms with E-state index in [1.165, 1.54) is 45.8 Å². The first-order valence-corrected chi connectivity index (χ1v) is 9.98. The number of phenols is 1. The van der Waals surface area contributed by atoms with Crippen LogP contribution in [0.3, 0.4) is 0 Å². The van der Waals surface area contributed by atoms with Crippen LogP contribution in [0.2, 0.25) is 0 Å². The molecule has 166 valence electrons. The Hall–Kier alpha value is -1.79. The Labute approximate surface area is 208 Å². The molecule has 0 aromatic heterocycles.